The highest BCUT2D eigenvalue weighted by Crippen LogP contribution is 2.24. The lowest BCUT2D eigenvalue weighted by Gasteiger charge is -2.02. The SMILES string of the molecule is Cn1c(-c2ccc(O)cc2)nc2ccccc21. The second kappa shape index (κ2) is 3.63. The zero-order chi connectivity index (χ0) is 11.8. The van der Waals surface area contributed by atoms with E-state index in [1.807, 2.05) is 43.4 Å². The number of hydrogen-bond donors (Lipinski definition) is 1. The predicted octanol–water partition coefficient (Wildman–Crippen LogP) is 2.95. The van der Waals surface area contributed by atoms with E-state index in [0.29, 0.717) is 0 Å². The molecule has 0 saturated carbocycles. The molecular weight excluding hydrogens is 212 g/mol. The minimum atomic E-state index is 0.271. The van der Waals surface area contributed by atoms with Crippen molar-refractivity contribution in [3.8, 4) is 17.1 Å². The number of fused-ring (bicyclic) bond motifs is 1. The van der Waals surface area contributed by atoms with Gasteiger partial charge in [-0.05, 0) is 36.4 Å². The fourth-order valence-corrected chi connectivity index (χ4v) is 2.01. The van der Waals surface area contributed by atoms with Crippen LogP contribution in [-0.4, -0.2) is 14.7 Å². The maximum absolute atomic E-state index is 9.29. The lowest BCUT2D eigenvalue weighted by atomic mass is 10.2. The van der Waals surface area contributed by atoms with Gasteiger partial charge in [-0.1, -0.05) is 12.1 Å². The number of phenols is 1. The maximum atomic E-state index is 9.29. The number of aromatic hydroxyl groups is 1. The lowest BCUT2D eigenvalue weighted by molar-refractivity contribution is 0.475. The first kappa shape index (κ1) is 9.90. The number of rotatable bonds is 1. The number of phenolic OH excluding ortho intramolecular Hbond substituents is 1. The maximum Gasteiger partial charge on any atom is 0.140 e. The Labute approximate surface area is 99.0 Å². The number of nitrogens with zero attached hydrogens (tertiary/aromatic N) is 2. The van der Waals surface area contributed by atoms with Crippen molar-refractivity contribution in [1.82, 2.24) is 9.55 Å². The van der Waals surface area contributed by atoms with E-state index in [2.05, 4.69) is 9.55 Å². The molecule has 0 aliphatic rings. The van der Waals surface area contributed by atoms with Gasteiger partial charge in [-0.2, -0.15) is 0 Å². The van der Waals surface area contributed by atoms with Crippen LogP contribution in [0.3, 0.4) is 0 Å². The van der Waals surface area contributed by atoms with Gasteiger partial charge in [0.15, 0.2) is 0 Å². The van der Waals surface area contributed by atoms with Crippen molar-refractivity contribution in [1.29, 1.82) is 0 Å². The van der Waals surface area contributed by atoms with Crippen molar-refractivity contribution in [2.45, 2.75) is 0 Å². The quantitative estimate of drug-likeness (QED) is 0.690. The van der Waals surface area contributed by atoms with Crippen molar-refractivity contribution in [3.63, 3.8) is 0 Å². The number of aromatic nitrogens is 2. The Morgan fingerprint density at radius 2 is 1.71 bits per heavy atom. The number of hydrogen-bond acceptors (Lipinski definition) is 2. The number of benzene rings is 2. The van der Waals surface area contributed by atoms with Crippen molar-refractivity contribution in [2.75, 3.05) is 0 Å². The smallest absolute Gasteiger partial charge is 0.140 e. The summed E-state index contributed by atoms with van der Waals surface area (Å²) < 4.78 is 2.06. The molecule has 0 spiro atoms. The fourth-order valence-electron chi connectivity index (χ4n) is 2.01. The molecule has 1 heterocycles. The van der Waals surface area contributed by atoms with E-state index in [1.165, 1.54) is 0 Å². The highest BCUT2D eigenvalue weighted by Gasteiger charge is 2.08. The molecule has 0 saturated heterocycles. The van der Waals surface area contributed by atoms with E-state index >= 15 is 0 Å². The molecule has 0 atom stereocenters. The molecule has 0 radical (unpaired) electrons. The first-order chi connectivity index (χ1) is 8.25. The average molecular weight is 224 g/mol. The summed E-state index contributed by atoms with van der Waals surface area (Å²) in [5.74, 6) is 1.18. The Morgan fingerprint density at radius 1 is 1.00 bits per heavy atom. The van der Waals surface area contributed by atoms with Gasteiger partial charge in [0.1, 0.15) is 11.6 Å². The van der Waals surface area contributed by atoms with Crippen LogP contribution in [0.5, 0.6) is 5.75 Å². The van der Waals surface area contributed by atoms with E-state index in [-0.39, 0.29) is 5.75 Å². The van der Waals surface area contributed by atoms with E-state index in [9.17, 15) is 5.11 Å². The largest absolute Gasteiger partial charge is 0.508 e. The van der Waals surface area contributed by atoms with Crippen molar-refractivity contribution < 1.29 is 5.11 Å². The third kappa shape index (κ3) is 1.56. The van der Waals surface area contributed by atoms with Gasteiger partial charge < -0.3 is 9.67 Å². The number of aryl methyl sites for hydroxylation is 1. The Balaban J connectivity index is 2.24. The van der Waals surface area contributed by atoms with Crippen molar-refractivity contribution in [2.24, 2.45) is 7.05 Å². The molecule has 1 N–H and O–H groups in total. The molecule has 1 aromatic heterocycles. The van der Waals surface area contributed by atoms with Gasteiger partial charge in [0, 0.05) is 12.6 Å². The van der Waals surface area contributed by atoms with Gasteiger partial charge in [-0.25, -0.2) is 4.98 Å². The van der Waals surface area contributed by atoms with Gasteiger partial charge in [-0.15, -0.1) is 0 Å². The van der Waals surface area contributed by atoms with E-state index < -0.39 is 0 Å². The minimum absolute atomic E-state index is 0.271. The molecule has 3 rings (SSSR count). The molecule has 0 amide bonds. The molecule has 0 fully saturated rings. The minimum Gasteiger partial charge on any atom is -0.508 e. The van der Waals surface area contributed by atoms with Gasteiger partial charge in [-0.3, -0.25) is 0 Å². The van der Waals surface area contributed by atoms with Gasteiger partial charge in [0.2, 0.25) is 0 Å². The Kier molecular flexibility index (Phi) is 2.11. The molecule has 3 nitrogen and oxygen atoms in total. The molecule has 17 heavy (non-hydrogen) atoms. The molecule has 3 heteroatoms. The summed E-state index contributed by atoms with van der Waals surface area (Å²) in [4.78, 5) is 4.59. The Bertz CT molecular complexity index is 668. The molecule has 2 aromatic carbocycles. The summed E-state index contributed by atoms with van der Waals surface area (Å²) in [7, 11) is 2.00. The summed E-state index contributed by atoms with van der Waals surface area (Å²) in [6, 6.07) is 15.1. The van der Waals surface area contributed by atoms with Crippen LogP contribution in [0.1, 0.15) is 0 Å². The van der Waals surface area contributed by atoms with Crippen LogP contribution in [0.15, 0.2) is 48.5 Å². The average Bonchev–Trinajstić information content (AvgIpc) is 2.69. The summed E-state index contributed by atoms with van der Waals surface area (Å²) >= 11 is 0. The van der Waals surface area contributed by atoms with Crippen LogP contribution in [0.4, 0.5) is 0 Å². The molecule has 84 valence electrons. The van der Waals surface area contributed by atoms with Crippen LogP contribution in [-0.2, 0) is 7.05 Å². The predicted molar refractivity (Wildman–Crippen MR) is 67.8 cm³/mol. The molecular formula is C14H12N2O. The van der Waals surface area contributed by atoms with Crippen molar-refractivity contribution >= 4 is 11.0 Å². The number of para-hydroxylation sites is 2. The standard InChI is InChI=1S/C14H12N2O/c1-16-13-5-3-2-4-12(13)15-14(16)10-6-8-11(17)9-7-10/h2-9,17H,1H3. The second-order valence-electron chi connectivity index (χ2n) is 4.03. The van der Waals surface area contributed by atoms with Crippen molar-refractivity contribution in [3.05, 3.63) is 48.5 Å². The summed E-state index contributed by atoms with van der Waals surface area (Å²) in [6.07, 6.45) is 0. The first-order valence-electron chi connectivity index (χ1n) is 5.46. The van der Waals surface area contributed by atoms with Crippen LogP contribution >= 0.6 is 0 Å². The van der Waals surface area contributed by atoms with Crippen LogP contribution in [0.25, 0.3) is 22.4 Å². The highest BCUT2D eigenvalue weighted by molar-refractivity contribution is 5.80. The third-order valence-electron chi connectivity index (χ3n) is 2.91. The van der Waals surface area contributed by atoms with E-state index in [0.717, 1.165) is 22.4 Å². The third-order valence-corrected chi connectivity index (χ3v) is 2.91. The summed E-state index contributed by atoms with van der Waals surface area (Å²) in [5.41, 5.74) is 3.09. The normalized spacial score (nSPS) is 10.9. The molecule has 0 bridgehead atoms. The van der Waals surface area contributed by atoms with Gasteiger partial charge in [0.05, 0.1) is 11.0 Å². The van der Waals surface area contributed by atoms with Crippen LogP contribution < -0.4 is 0 Å². The Morgan fingerprint density at radius 3 is 2.41 bits per heavy atom. The lowest BCUT2D eigenvalue weighted by Crippen LogP contribution is -1.91. The van der Waals surface area contributed by atoms with Gasteiger partial charge in [0.25, 0.3) is 0 Å². The van der Waals surface area contributed by atoms with E-state index in [1.54, 1.807) is 12.1 Å². The summed E-state index contributed by atoms with van der Waals surface area (Å²) in [6.45, 7) is 0. The second-order valence-corrected chi connectivity index (χ2v) is 4.03. The van der Waals surface area contributed by atoms with Crippen LogP contribution in [0.2, 0.25) is 0 Å². The highest BCUT2D eigenvalue weighted by atomic mass is 16.3. The van der Waals surface area contributed by atoms with E-state index in [4.69, 9.17) is 0 Å². The van der Waals surface area contributed by atoms with Gasteiger partial charge >= 0.3 is 0 Å². The summed E-state index contributed by atoms with van der Waals surface area (Å²) in [5, 5.41) is 9.29. The number of imidazole rings is 1. The molecule has 0 unspecified atom stereocenters. The zero-order valence-corrected chi connectivity index (χ0v) is 9.46. The van der Waals surface area contributed by atoms with Crippen LogP contribution in [0, 0.1) is 0 Å². The monoisotopic (exact) mass is 224 g/mol. The molecule has 0 aliphatic heterocycles. The molecule has 3 aromatic rings. The zero-order valence-electron chi connectivity index (χ0n) is 9.46. The first-order valence-corrected chi connectivity index (χ1v) is 5.46. The topological polar surface area (TPSA) is 38.0 Å². The Hall–Kier alpha value is -2.29. The fraction of sp³-hybridized carbons (Fsp3) is 0.0714. The molecule has 0 aliphatic carbocycles.